The van der Waals surface area contributed by atoms with Crippen LogP contribution >= 0.6 is 0 Å². The van der Waals surface area contributed by atoms with Gasteiger partial charge in [-0.1, -0.05) is 44.5 Å². The zero-order valence-corrected chi connectivity index (χ0v) is 11.7. The van der Waals surface area contributed by atoms with Crippen LogP contribution in [0.2, 0.25) is 0 Å². The first-order chi connectivity index (χ1) is 9.08. The van der Waals surface area contributed by atoms with Gasteiger partial charge in [-0.15, -0.1) is 0 Å². The van der Waals surface area contributed by atoms with Crippen molar-refractivity contribution in [1.82, 2.24) is 0 Å². The number of aryl methyl sites for hydroxylation is 1. The van der Waals surface area contributed by atoms with Crippen molar-refractivity contribution in [2.75, 3.05) is 13.2 Å². The largest absolute Gasteiger partial charge is 0.481 e. The topological polar surface area (TPSA) is 46.5 Å². The quantitative estimate of drug-likeness (QED) is 0.857. The molecule has 1 fully saturated rings. The minimum atomic E-state index is -0.735. The average molecular weight is 262 g/mol. The molecule has 1 aliphatic heterocycles. The molecule has 1 aromatic carbocycles. The maximum atomic E-state index is 10.9. The smallest absolute Gasteiger partial charge is 0.303 e. The molecule has 104 valence electrons. The van der Waals surface area contributed by atoms with Gasteiger partial charge in [0.1, 0.15) is 0 Å². The number of carboxylic acid groups (broad SMARTS) is 1. The van der Waals surface area contributed by atoms with Crippen molar-refractivity contribution < 1.29 is 14.6 Å². The maximum Gasteiger partial charge on any atom is 0.303 e. The van der Waals surface area contributed by atoms with Gasteiger partial charge in [-0.2, -0.15) is 0 Å². The Hall–Kier alpha value is -1.35. The van der Waals surface area contributed by atoms with Gasteiger partial charge in [-0.25, -0.2) is 0 Å². The molecule has 0 aromatic heterocycles. The van der Waals surface area contributed by atoms with Gasteiger partial charge in [0.25, 0.3) is 0 Å². The number of rotatable bonds is 6. The van der Waals surface area contributed by atoms with Crippen molar-refractivity contribution in [1.29, 1.82) is 0 Å². The molecule has 0 spiro atoms. The van der Waals surface area contributed by atoms with Gasteiger partial charge < -0.3 is 9.84 Å². The van der Waals surface area contributed by atoms with Crippen molar-refractivity contribution >= 4 is 5.97 Å². The highest BCUT2D eigenvalue weighted by Crippen LogP contribution is 2.41. The Balaban J connectivity index is 2.18. The van der Waals surface area contributed by atoms with Crippen LogP contribution in [0.1, 0.15) is 37.8 Å². The summed E-state index contributed by atoms with van der Waals surface area (Å²) in [7, 11) is 0. The van der Waals surface area contributed by atoms with Gasteiger partial charge in [-0.05, 0) is 23.5 Å². The minimum absolute atomic E-state index is 0.0933. The predicted molar refractivity (Wildman–Crippen MR) is 74.4 cm³/mol. The summed E-state index contributed by atoms with van der Waals surface area (Å²) in [6, 6.07) is 8.61. The van der Waals surface area contributed by atoms with E-state index in [1.54, 1.807) is 0 Å². The number of ether oxygens (including phenoxy) is 1. The number of hydrogen-bond donors (Lipinski definition) is 1. The van der Waals surface area contributed by atoms with Gasteiger partial charge in [0.2, 0.25) is 0 Å². The first-order valence-electron chi connectivity index (χ1n) is 6.97. The van der Waals surface area contributed by atoms with E-state index in [2.05, 4.69) is 31.2 Å². The first-order valence-corrected chi connectivity index (χ1v) is 6.97. The molecular formula is C16H22O3. The van der Waals surface area contributed by atoms with E-state index in [0.29, 0.717) is 13.2 Å². The molecule has 1 aliphatic rings. The number of carboxylic acids is 1. The third-order valence-electron chi connectivity index (χ3n) is 4.21. The summed E-state index contributed by atoms with van der Waals surface area (Å²) in [4.78, 5) is 10.9. The van der Waals surface area contributed by atoms with Crippen LogP contribution in [0.25, 0.3) is 0 Å². The lowest BCUT2D eigenvalue weighted by molar-refractivity contribution is -0.142. The molecule has 2 rings (SSSR count). The van der Waals surface area contributed by atoms with Crippen molar-refractivity contribution in [3.8, 4) is 0 Å². The van der Waals surface area contributed by atoms with Gasteiger partial charge in [0, 0.05) is 11.8 Å². The molecule has 3 nitrogen and oxygen atoms in total. The first kappa shape index (κ1) is 14.1. The molecule has 0 saturated carbocycles. The van der Waals surface area contributed by atoms with Crippen molar-refractivity contribution in [3.05, 3.63) is 35.4 Å². The normalized spacial score (nSPS) is 18.6. The highest BCUT2D eigenvalue weighted by molar-refractivity contribution is 5.67. The van der Waals surface area contributed by atoms with Crippen LogP contribution in [0, 0.1) is 5.92 Å². The number of carbonyl (C=O) groups is 1. The van der Waals surface area contributed by atoms with E-state index in [4.69, 9.17) is 9.84 Å². The highest BCUT2D eigenvalue weighted by Gasteiger charge is 2.45. The Bertz CT molecular complexity index is 432. The minimum Gasteiger partial charge on any atom is -0.481 e. The average Bonchev–Trinajstić information content (AvgIpc) is 2.29. The van der Waals surface area contributed by atoms with Gasteiger partial charge in [-0.3, -0.25) is 4.79 Å². The maximum absolute atomic E-state index is 10.9. The summed E-state index contributed by atoms with van der Waals surface area (Å²) in [5, 5.41) is 8.99. The molecule has 0 bridgehead atoms. The molecule has 1 atom stereocenters. The van der Waals surface area contributed by atoms with Crippen LogP contribution in [-0.4, -0.2) is 24.3 Å². The Labute approximate surface area is 114 Å². The lowest BCUT2D eigenvalue weighted by Gasteiger charge is -2.46. The Kier molecular flexibility index (Phi) is 4.25. The van der Waals surface area contributed by atoms with Gasteiger partial charge >= 0.3 is 5.97 Å². The van der Waals surface area contributed by atoms with Crippen LogP contribution in [0.15, 0.2) is 24.3 Å². The van der Waals surface area contributed by atoms with Crippen molar-refractivity contribution in [2.24, 2.45) is 5.92 Å². The van der Waals surface area contributed by atoms with Crippen molar-refractivity contribution in [3.63, 3.8) is 0 Å². The van der Waals surface area contributed by atoms with Crippen LogP contribution in [-0.2, 0) is 21.4 Å². The Morgan fingerprint density at radius 2 is 2.00 bits per heavy atom. The summed E-state index contributed by atoms with van der Waals surface area (Å²) >= 11 is 0. The molecule has 1 aromatic rings. The fraction of sp³-hybridized carbons (Fsp3) is 0.562. The fourth-order valence-electron chi connectivity index (χ4n) is 2.81. The van der Waals surface area contributed by atoms with E-state index in [1.165, 1.54) is 11.1 Å². The van der Waals surface area contributed by atoms with Crippen LogP contribution in [0.5, 0.6) is 0 Å². The van der Waals surface area contributed by atoms with Gasteiger partial charge in [0.05, 0.1) is 13.2 Å². The lowest BCUT2D eigenvalue weighted by atomic mass is 9.68. The van der Waals surface area contributed by atoms with Gasteiger partial charge in [0.15, 0.2) is 0 Å². The van der Waals surface area contributed by atoms with E-state index in [9.17, 15) is 4.79 Å². The van der Waals surface area contributed by atoms with Crippen LogP contribution < -0.4 is 0 Å². The molecule has 1 unspecified atom stereocenters. The molecule has 0 amide bonds. The SMILES string of the molecule is CCCc1ccc(C2(C(C)CC(=O)O)COC2)cc1. The van der Waals surface area contributed by atoms with Crippen LogP contribution in [0.3, 0.4) is 0 Å². The summed E-state index contributed by atoms with van der Waals surface area (Å²) < 4.78 is 5.38. The fourth-order valence-corrected chi connectivity index (χ4v) is 2.81. The molecule has 0 aliphatic carbocycles. The molecule has 1 N–H and O–H groups in total. The van der Waals surface area contributed by atoms with Crippen LogP contribution in [0.4, 0.5) is 0 Å². The highest BCUT2D eigenvalue weighted by atomic mass is 16.5. The predicted octanol–water partition coefficient (Wildman–Crippen LogP) is 3.02. The zero-order chi connectivity index (χ0) is 13.9. The molecule has 1 heterocycles. The summed E-state index contributed by atoms with van der Waals surface area (Å²) in [5.74, 6) is -0.642. The van der Waals surface area contributed by atoms with E-state index in [0.717, 1.165) is 12.8 Å². The Morgan fingerprint density at radius 3 is 2.42 bits per heavy atom. The third-order valence-corrected chi connectivity index (χ3v) is 4.21. The molecule has 3 heteroatoms. The second kappa shape index (κ2) is 5.74. The lowest BCUT2D eigenvalue weighted by Crippen LogP contribution is -2.52. The molecule has 1 saturated heterocycles. The van der Waals surface area contributed by atoms with E-state index in [1.807, 2.05) is 6.92 Å². The van der Waals surface area contributed by atoms with Crippen molar-refractivity contribution in [2.45, 2.75) is 38.5 Å². The second-order valence-electron chi connectivity index (χ2n) is 5.59. The molecular weight excluding hydrogens is 240 g/mol. The van der Waals surface area contributed by atoms with E-state index >= 15 is 0 Å². The standard InChI is InChI=1S/C16H22O3/c1-3-4-13-5-7-14(8-6-13)16(10-19-11-16)12(2)9-15(17)18/h5-8,12H,3-4,9-11H2,1-2H3,(H,17,18). The second-order valence-corrected chi connectivity index (χ2v) is 5.59. The summed E-state index contributed by atoms with van der Waals surface area (Å²) in [5.41, 5.74) is 2.45. The van der Waals surface area contributed by atoms with E-state index < -0.39 is 5.97 Å². The molecule has 0 radical (unpaired) electrons. The summed E-state index contributed by atoms with van der Waals surface area (Å²) in [6.07, 6.45) is 2.43. The number of benzene rings is 1. The Morgan fingerprint density at radius 1 is 1.37 bits per heavy atom. The monoisotopic (exact) mass is 262 g/mol. The van der Waals surface area contributed by atoms with E-state index in [-0.39, 0.29) is 17.8 Å². The number of aliphatic carboxylic acids is 1. The molecule has 19 heavy (non-hydrogen) atoms. The summed E-state index contributed by atoms with van der Waals surface area (Å²) in [6.45, 7) is 5.45. The number of hydrogen-bond acceptors (Lipinski definition) is 2. The zero-order valence-electron chi connectivity index (χ0n) is 11.7. The third kappa shape index (κ3) is 2.81.